The number of rotatable bonds is 8. The molecule has 1 aromatic heterocycles. The zero-order valence-corrected chi connectivity index (χ0v) is 9.78. The summed E-state index contributed by atoms with van der Waals surface area (Å²) in [6, 6.07) is 0. The molecule has 0 saturated carbocycles. The third kappa shape index (κ3) is 4.44. The SMILES string of the molecule is CCNCc1cncn1CCCCC(N)=O. The summed E-state index contributed by atoms with van der Waals surface area (Å²) < 4.78 is 2.11. The van der Waals surface area contributed by atoms with E-state index in [0.717, 1.165) is 32.5 Å². The topological polar surface area (TPSA) is 72.9 Å². The fourth-order valence-corrected chi connectivity index (χ4v) is 1.53. The molecule has 1 heterocycles. The molecule has 5 heteroatoms. The van der Waals surface area contributed by atoms with Gasteiger partial charge in [0, 0.05) is 25.7 Å². The van der Waals surface area contributed by atoms with Crippen LogP contribution in [0.3, 0.4) is 0 Å². The van der Waals surface area contributed by atoms with Gasteiger partial charge in [-0.1, -0.05) is 6.92 Å². The van der Waals surface area contributed by atoms with Crippen molar-refractivity contribution in [1.29, 1.82) is 0 Å². The number of nitrogens with one attached hydrogen (secondary N) is 1. The minimum Gasteiger partial charge on any atom is -0.370 e. The number of nitrogens with two attached hydrogens (primary N) is 1. The minimum absolute atomic E-state index is 0.224. The Morgan fingerprint density at radius 2 is 2.38 bits per heavy atom. The number of carbonyl (C=O) groups is 1. The van der Waals surface area contributed by atoms with E-state index in [9.17, 15) is 4.79 Å². The Labute approximate surface area is 96.0 Å². The lowest BCUT2D eigenvalue weighted by atomic mass is 10.2. The maximum Gasteiger partial charge on any atom is 0.217 e. The molecule has 0 aliphatic rings. The van der Waals surface area contributed by atoms with E-state index < -0.39 is 0 Å². The lowest BCUT2D eigenvalue weighted by Crippen LogP contribution is -2.15. The number of nitrogens with zero attached hydrogens (tertiary/aromatic N) is 2. The van der Waals surface area contributed by atoms with Crippen molar-refractivity contribution in [2.45, 2.75) is 39.3 Å². The van der Waals surface area contributed by atoms with Crippen LogP contribution in [-0.2, 0) is 17.9 Å². The Hall–Kier alpha value is -1.36. The average Bonchev–Trinajstić information content (AvgIpc) is 2.69. The standard InChI is InChI=1S/C11H20N4O/c1-2-13-7-10-8-14-9-15(10)6-4-3-5-11(12)16/h8-9,13H,2-7H2,1H3,(H2,12,16). The van der Waals surface area contributed by atoms with Crippen molar-refractivity contribution in [3.63, 3.8) is 0 Å². The highest BCUT2D eigenvalue weighted by atomic mass is 16.1. The van der Waals surface area contributed by atoms with Crippen molar-refractivity contribution in [1.82, 2.24) is 14.9 Å². The number of amides is 1. The average molecular weight is 224 g/mol. The van der Waals surface area contributed by atoms with Gasteiger partial charge in [0.25, 0.3) is 0 Å². The third-order valence-corrected chi connectivity index (χ3v) is 2.43. The van der Waals surface area contributed by atoms with Crippen LogP contribution >= 0.6 is 0 Å². The van der Waals surface area contributed by atoms with Crippen LogP contribution in [0.1, 0.15) is 31.9 Å². The fraction of sp³-hybridized carbons (Fsp3) is 0.636. The van der Waals surface area contributed by atoms with Crippen molar-refractivity contribution in [3.8, 4) is 0 Å². The number of carbonyl (C=O) groups excluding carboxylic acids is 1. The summed E-state index contributed by atoms with van der Waals surface area (Å²) in [5.74, 6) is -0.224. The first-order valence-corrected chi connectivity index (χ1v) is 5.72. The molecule has 1 rings (SSSR count). The van der Waals surface area contributed by atoms with Crippen molar-refractivity contribution >= 4 is 5.91 Å². The lowest BCUT2D eigenvalue weighted by molar-refractivity contribution is -0.118. The van der Waals surface area contributed by atoms with E-state index in [-0.39, 0.29) is 5.91 Å². The van der Waals surface area contributed by atoms with Crippen LogP contribution in [0.15, 0.2) is 12.5 Å². The van der Waals surface area contributed by atoms with E-state index in [0.29, 0.717) is 6.42 Å². The normalized spacial score (nSPS) is 10.6. The molecule has 0 radical (unpaired) electrons. The number of hydrogen-bond acceptors (Lipinski definition) is 3. The molecule has 0 aromatic carbocycles. The molecule has 0 aliphatic heterocycles. The molecule has 90 valence electrons. The maximum absolute atomic E-state index is 10.6. The number of aromatic nitrogens is 2. The summed E-state index contributed by atoms with van der Waals surface area (Å²) >= 11 is 0. The number of unbranched alkanes of at least 4 members (excludes halogenated alkanes) is 1. The molecule has 16 heavy (non-hydrogen) atoms. The molecule has 5 nitrogen and oxygen atoms in total. The Kier molecular flexibility index (Phi) is 5.56. The van der Waals surface area contributed by atoms with Gasteiger partial charge in [-0.15, -0.1) is 0 Å². The zero-order valence-electron chi connectivity index (χ0n) is 9.78. The van der Waals surface area contributed by atoms with Gasteiger partial charge in [0.05, 0.1) is 12.0 Å². The van der Waals surface area contributed by atoms with Crippen molar-refractivity contribution in [3.05, 3.63) is 18.2 Å². The molecule has 1 amide bonds. The van der Waals surface area contributed by atoms with Gasteiger partial charge in [0.2, 0.25) is 5.91 Å². The highest BCUT2D eigenvalue weighted by molar-refractivity contribution is 5.73. The quantitative estimate of drug-likeness (QED) is 0.637. The van der Waals surface area contributed by atoms with Crippen LogP contribution in [0, 0.1) is 0 Å². The predicted octanol–water partition coefficient (Wildman–Crippen LogP) is 0.648. The van der Waals surface area contributed by atoms with Gasteiger partial charge < -0.3 is 15.6 Å². The van der Waals surface area contributed by atoms with Gasteiger partial charge in [-0.3, -0.25) is 4.79 Å². The molecular formula is C11H20N4O. The molecule has 0 unspecified atom stereocenters. The molecule has 0 spiro atoms. The summed E-state index contributed by atoms with van der Waals surface area (Å²) in [5.41, 5.74) is 6.26. The van der Waals surface area contributed by atoms with Gasteiger partial charge in [-0.25, -0.2) is 4.98 Å². The second kappa shape index (κ2) is 7.00. The van der Waals surface area contributed by atoms with E-state index >= 15 is 0 Å². The van der Waals surface area contributed by atoms with E-state index in [2.05, 4.69) is 21.8 Å². The summed E-state index contributed by atoms with van der Waals surface area (Å²) in [6.45, 7) is 4.76. The first kappa shape index (κ1) is 12.7. The summed E-state index contributed by atoms with van der Waals surface area (Å²) in [7, 11) is 0. The van der Waals surface area contributed by atoms with Gasteiger partial charge in [0.1, 0.15) is 0 Å². The van der Waals surface area contributed by atoms with Gasteiger partial charge >= 0.3 is 0 Å². The number of primary amides is 1. The molecule has 3 N–H and O–H groups in total. The Bertz CT molecular complexity index is 322. The Morgan fingerprint density at radius 3 is 3.06 bits per heavy atom. The highest BCUT2D eigenvalue weighted by Gasteiger charge is 2.01. The second-order valence-corrected chi connectivity index (χ2v) is 3.78. The minimum atomic E-state index is -0.224. The van der Waals surface area contributed by atoms with Crippen molar-refractivity contribution in [2.75, 3.05) is 6.54 Å². The molecule has 0 saturated heterocycles. The smallest absolute Gasteiger partial charge is 0.217 e. The predicted molar refractivity (Wildman–Crippen MR) is 62.7 cm³/mol. The molecule has 1 aromatic rings. The lowest BCUT2D eigenvalue weighted by Gasteiger charge is -2.07. The first-order valence-electron chi connectivity index (χ1n) is 5.72. The van der Waals surface area contributed by atoms with E-state index in [1.54, 1.807) is 0 Å². The summed E-state index contributed by atoms with van der Waals surface area (Å²) in [6.07, 6.45) is 5.97. The zero-order chi connectivity index (χ0) is 11.8. The summed E-state index contributed by atoms with van der Waals surface area (Å²) in [4.78, 5) is 14.7. The maximum atomic E-state index is 10.6. The largest absolute Gasteiger partial charge is 0.370 e. The molecular weight excluding hydrogens is 204 g/mol. The summed E-state index contributed by atoms with van der Waals surface area (Å²) in [5, 5.41) is 3.26. The van der Waals surface area contributed by atoms with E-state index in [4.69, 9.17) is 5.73 Å². The van der Waals surface area contributed by atoms with Gasteiger partial charge in [-0.05, 0) is 19.4 Å². The number of hydrogen-bond donors (Lipinski definition) is 2. The third-order valence-electron chi connectivity index (χ3n) is 2.43. The Balaban J connectivity index is 2.29. The monoisotopic (exact) mass is 224 g/mol. The van der Waals surface area contributed by atoms with Crippen LogP contribution < -0.4 is 11.1 Å². The second-order valence-electron chi connectivity index (χ2n) is 3.78. The molecule has 0 atom stereocenters. The highest BCUT2D eigenvalue weighted by Crippen LogP contribution is 2.03. The van der Waals surface area contributed by atoms with Gasteiger partial charge in [0.15, 0.2) is 0 Å². The van der Waals surface area contributed by atoms with Crippen LogP contribution in [0.4, 0.5) is 0 Å². The van der Waals surface area contributed by atoms with Crippen LogP contribution in [0.2, 0.25) is 0 Å². The van der Waals surface area contributed by atoms with E-state index in [1.165, 1.54) is 5.69 Å². The van der Waals surface area contributed by atoms with Crippen molar-refractivity contribution < 1.29 is 4.79 Å². The van der Waals surface area contributed by atoms with Crippen LogP contribution in [-0.4, -0.2) is 22.0 Å². The van der Waals surface area contributed by atoms with E-state index in [1.807, 2.05) is 12.5 Å². The van der Waals surface area contributed by atoms with Crippen LogP contribution in [0.5, 0.6) is 0 Å². The molecule has 0 fully saturated rings. The fourth-order valence-electron chi connectivity index (χ4n) is 1.53. The number of aryl methyl sites for hydroxylation is 1. The van der Waals surface area contributed by atoms with Crippen molar-refractivity contribution in [2.24, 2.45) is 5.73 Å². The van der Waals surface area contributed by atoms with Gasteiger partial charge in [-0.2, -0.15) is 0 Å². The Morgan fingerprint density at radius 1 is 1.56 bits per heavy atom. The van der Waals surface area contributed by atoms with Crippen LogP contribution in [0.25, 0.3) is 0 Å². The molecule has 0 bridgehead atoms. The first-order chi connectivity index (χ1) is 7.74. The number of imidazole rings is 1. The molecule has 0 aliphatic carbocycles.